The molecule has 9 nitrogen and oxygen atoms in total. The van der Waals surface area contributed by atoms with Gasteiger partial charge >= 0.3 is 0 Å². The van der Waals surface area contributed by atoms with Crippen LogP contribution in [0.4, 0.5) is 11.4 Å². The molecule has 0 aliphatic carbocycles. The van der Waals surface area contributed by atoms with Gasteiger partial charge in [-0.2, -0.15) is 5.10 Å². The van der Waals surface area contributed by atoms with Crippen molar-refractivity contribution in [3.05, 3.63) is 68.2 Å². The Morgan fingerprint density at radius 3 is 2.31 bits per heavy atom. The van der Waals surface area contributed by atoms with E-state index in [-0.39, 0.29) is 21.4 Å². The zero-order chi connectivity index (χ0) is 21.8. The van der Waals surface area contributed by atoms with Crippen molar-refractivity contribution in [1.29, 1.82) is 0 Å². The highest BCUT2D eigenvalue weighted by Gasteiger charge is 2.21. The molecule has 0 aliphatic rings. The van der Waals surface area contributed by atoms with Crippen LogP contribution in [0.5, 0.6) is 0 Å². The van der Waals surface area contributed by atoms with Crippen molar-refractivity contribution in [2.24, 2.45) is 5.10 Å². The van der Waals surface area contributed by atoms with Crippen LogP contribution in [-0.4, -0.2) is 37.8 Å². The predicted octanol–water partition coefficient (Wildman–Crippen LogP) is 3.21. The molecule has 0 fully saturated rings. The summed E-state index contributed by atoms with van der Waals surface area (Å²) in [5, 5.41) is 15.0. The van der Waals surface area contributed by atoms with E-state index >= 15 is 0 Å². The molecule has 0 radical (unpaired) electrons. The van der Waals surface area contributed by atoms with Crippen molar-refractivity contribution in [3.63, 3.8) is 0 Å². The van der Waals surface area contributed by atoms with E-state index in [1.165, 1.54) is 42.5 Å². The summed E-state index contributed by atoms with van der Waals surface area (Å²) in [7, 11) is -3.79. The van der Waals surface area contributed by atoms with Gasteiger partial charge in [-0.25, -0.2) is 13.8 Å². The fourth-order valence-electron chi connectivity index (χ4n) is 2.24. The number of carbonyl (C=O) groups excluding carboxylic acids is 1. The van der Waals surface area contributed by atoms with Gasteiger partial charge in [-0.05, 0) is 42.8 Å². The number of nitrogens with one attached hydrogen (secondary N) is 1. The average molecular weight is 459 g/mol. The van der Waals surface area contributed by atoms with Crippen molar-refractivity contribution in [2.45, 2.75) is 6.92 Å². The third-order valence-corrected chi connectivity index (χ3v) is 5.60. The highest BCUT2D eigenvalue weighted by molar-refractivity contribution is 7.92. The van der Waals surface area contributed by atoms with E-state index in [9.17, 15) is 23.3 Å². The van der Waals surface area contributed by atoms with Crippen molar-refractivity contribution < 1.29 is 18.1 Å². The summed E-state index contributed by atoms with van der Waals surface area (Å²) in [4.78, 5) is 22.4. The molecule has 154 valence electrons. The van der Waals surface area contributed by atoms with Gasteiger partial charge in [0.1, 0.15) is 6.54 Å². The standard InChI is InChI=1S/C17H16Cl2N4O5S/c1-11(12-3-5-13(6-4-12)23(25)26)20-21-17(24)10-22(29(2,27)28)14-7-8-15(18)16(19)9-14/h3-9H,10H2,1-2H3,(H,21,24)/b20-11-. The molecule has 0 bridgehead atoms. The molecule has 2 aromatic rings. The number of sulfonamides is 1. The summed E-state index contributed by atoms with van der Waals surface area (Å²) in [6.45, 7) is 1.06. The Bertz CT molecular complexity index is 1070. The van der Waals surface area contributed by atoms with Crippen LogP contribution >= 0.6 is 23.2 Å². The molecule has 2 aromatic carbocycles. The number of benzene rings is 2. The fraction of sp³-hybridized carbons (Fsp3) is 0.176. The number of non-ortho nitro benzene ring substituents is 1. The molecular formula is C17H16Cl2N4O5S. The Hall–Kier alpha value is -2.69. The number of hydrazone groups is 1. The number of amides is 1. The first-order chi connectivity index (χ1) is 13.5. The van der Waals surface area contributed by atoms with E-state index in [2.05, 4.69) is 10.5 Å². The summed E-state index contributed by atoms with van der Waals surface area (Å²) in [5.74, 6) is -0.692. The summed E-state index contributed by atoms with van der Waals surface area (Å²) >= 11 is 11.8. The lowest BCUT2D eigenvalue weighted by atomic mass is 10.1. The van der Waals surface area contributed by atoms with Crippen LogP contribution in [0.25, 0.3) is 0 Å². The number of anilines is 1. The van der Waals surface area contributed by atoms with Crippen LogP contribution in [0.15, 0.2) is 47.6 Å². The molecule has 2 rings (SSSR count). The lowest BCUT2D eigenvalue weighted by molar-refractivity contribution is -0.384. The van der Waals surface area contributed by atoms with Crippen molar-refractivity contribution in [1.82, 2.24) is 5.43 Å². The monoisotopic (exact) mass is 458 g/mol. The second-order valence-electron chi connectivity index (χ2n) is 5.90. The number of hydrogen-bond donors (Lipinski definition) is 1. The van der Waals surface area contributed by atoms with Crippen LogP contribution in [-0.2, 0) is 14.8 Å². The third-order valence-electron chi connectivity index (χ3n) is 3.72. The summed E-state index contributed by atoms with van der Waals surface area (Å²) in [5.41, 5.74) is 3.31. The quantitative estimate of drug-likeness (QED) is 0.387. The zero-order valence-corrected chi connectivity index (χ0v) is 17.6. The van der Waals surface area contributed by atoms with Gasteiger partial charge in [-0.3, -0.25) is 19.2 Å². The van der Waals surface area contributed by atoms with Gasteiger partial charge in [-0.15, -0.1) is 0 Å². The van der Waals surface area contributed by atoms with Gasteiger partial charge in [0.05, 0.1) is 32.6 Å². The number of carbonyl (C=O) groups is 1. The van der Waals surface area contributed by atoms with Crippen molar-refractivity contribution in [3.8, 4) is 0 Å². The maximum atomic E-state index is 12.2. The molecule has 0 saturated heterocycles. The Labute approximate surface area is 177 Å². The van der Waals surface area contributed by atoms with Gasteiger partial charge in [0.2, 0.25) is 10.0 Å². The number of nitrogens with zero attached hydrogens (tertiary/aromatic N) is 3. The minimum absolute atomic E-state index is 0.0731. The Kier molecular flexibility index (Phi) is 7.17. The topological polar surface area (TPSA) is 122 Å². The van der Waals surface area contributed by atoms with E-state index in [4.69, 9.17) is 23.2 Å². The molecular weight excluding hydrogens is 443 g/mol. The van der Waals surface area contributed by atoms with Crippen LogP contribution in [0.1, 0.15) is 12.5 Å². The lowest BCUT2D eigenvalue weighted by Crippen LogP contribution is -2.39. The highest BCUT2D eigenvalue weighted by atomic mass is 35.5. The molecule has 0 aromatic heterocycles. The number of rotatable bonds is 7. The first-order valence-electron chi connectivity index (χ1n) is 8.00. The van der Waals surface area contributed by atoms with Gasteiger partial charge in [0, 0.05) is 12.1 Å². The molecule has 0 atom stereocenters. The maximum absolute atomic E-state index is 12.2. The molecule has 1 amide bonds. The van der Waals surface area contributed by atoms with E-state index in [1.807, 2.05) is 0 Å². The van der Waals surface area contributed by atoms with E-state index < -0.39 is 27.4 Å². The van der Waals surface area contributed by atoms with Crippen LogP contribution in [0.2, 0.25) is 10.0 Å². The van der Waals surface area contributed by atoms with Gasteiger partial charge in [-0.1, -0.05) is 23.2 Å². The molecule has 0 saturated carbocycles. The van der Waals surface area contributed by atoms with E-state index in [0.717, 1.165) is 10.6 Å². The molecule has 0 unspecified atom stereocenters. The first-order valence-corrected chi connectivity index (χ1v) is 10.6. The minimum atomic E-state index is -3.79. The Morgan fingerprint density at radius 1 is 1.17 bits per heavy atom. The third kappa shape index (κ3) is 6.14. The highest BCUT2D eigenvalue weighted by Crippen LogP contribution is 2.28. The Morgan fingerprint density at radius 2 is 1.79 bits per heavy atom. The van der Waals surface area contributed by atoms with E-state index in [0.29, 0.717) is 11.3 Å². The predicted molar refractivity (Wildman–Crippen MR) is 112 cm³/mol. The number of nitro groups is 1. The van der Waals surface area contributed by atoms with Crippen LogP contribution < -0.4 is 9.73 Å². The van der Waals surface area contributed by atoms with Crippen LogP contribution in [0, 0.1) is 10.1 Å². The number of nitro benzene ring substituents is 1. The molecule has 0 heterocycles. The molecule has 0 aliphatic heterocycles. The van der Waals surface area contributed by atoms with Gasteiger partial charge in [0.15, 0.2) is 0 Å². The largest absolute Gasteiger partial charge is 0.271 e. The van der Waals surface area contributed by atoms with Crippen molar-refractivity contribution >= 4 is 56.2 Å². The normalized spacial score (nSPS) is 11.8. The van der Waals surface area contributed by atoms with Gasteiger partial charge < -0.3 is 0 Å². The summed E-state index contributed by atoms with van der Waals surface area (Å²) in [6, 6.07) is 9.78. The molecule has 0 spiro atoms. The second-order valence-corrected chi connectivity index (χ2v) is 8.63. The van der Waals surface area contributed by atoms with Crippen molar-refractivity contribution in [2.75, 3.05) is 17.1 Å². The average Bonchev–Trinajstić information content (AvgIpc) is 2.65. The van der Waals surface area contributed by atoms with E-state index in [1.54, 1.807) is 6.92 Å². The SMILES string of the molecule is C/C(=N/NC(=O)CN(c1ccc(Cl)c(Cl)c1)S(C)(=O)=O)c1ccc([N+](=O)[O-])cc1. The zero-order valence-electron chi connectivity index (χ0n) is 15.3. The summed E-state index contributed by atoms with van der Waals surface area (Å²) in [6.07, 6.45) is 0.953. The van der Waals surface area contributed by atoms with Gasteiger partial charge in [0.25, 0.3) is 11.6 Å². The maximum Gasteiger partial charge on any atom is 0.269 e. The summed E-state index contributed by atoms with van der Waals surface area (Å²) < 4.78 is 25.0. The second kappa shape index (κ2) is 9.21. The Balaban J connectivity index is 2.14. The smallest absolute Gasteiger partial charge is 0.269 e. The fourth-order valence-corrected chi connectivity index (χ4v) is 3.38. The number of hydrogen-bond acceptors (Lipinski definition) is 6. The molecule has 29 heavy (non-hydrogen) atoms. The minimum Gasteiger partial charge on any atom is -0.271 e. The number of halogens is 2. The van der Waals surface area contributed by atoms with Crippen LogP contribution in [0.3, 0.4) is 0 Å². The lowest BCUT2D eigenvalue weighted by Gasteiger charge is -2.21. The molecule has 1 N–H and O–H groups in total. The molecule has 12 heteroatoms. The first kappa shape index (κ1) is 22.6.